The normalized spacial score (nSPS) is 25.5. The van der Waals surface area contributed by atoms with Gasteiger partial charge in [-0.25, -0.2) is 4.79 Å². The summed E-state index contributed by atoms with van der Waals surface area (Å²) < 4.78 is -0.653. The van der Waals surface area contributed by atoms with Gasteiger partial charge in [-0.15, -0.1) is 11.8 Å². The molecule has 2 heterocycles. The molecule has 3 amide bonds. The van der Waals surface area contributed by atoms with Crippen LogP contribution in [0.3, 0.4) is 0 Å². The monoisotopic (exact) mass is 385 g/mol. The second-order valence-corrected chi connectivity index (χ2v) is 8.46. The van der Waals surface area contributed by atoms with Crippen molar-refractivity contribution < 1.29 is 49.0 Å². The van der Waals surface area contributed by atoms with Gasteiger partial charge >= 0.3 is 35.6 Å². The molecule has 3 rings (SSSR count). The van der Waals surface area contributed by atoms with Crippen molar-refractivity contribution in [1.29, 1.82) is 0 Å². The Morgan fingerprint density at radius 2 is 1.92 bits per heavy atom. The number of rotatable bonds is 5. The van der Waals surface area contributed by atoms with Crippen molar-refractivity contribution >= 4 is 29.7 Å². The first-order chi connectivity index (χ1) is 11.8. The second-order valence-electron chi connectivity index (χ2n) is 6.69. The number of carbonyl (C=O) groups is 3. The molecule has 0 saturated carbocycles. The van der Waals surface area contributed by atoms with E-state index in [1.165, 1.54) is 16.7 Å². The van der Waals surface area contributed by atoms with Crippen LogP contribution >= 0.6 is 11.8 Å². The Morgan fingerprint density at radius 3 is 2.54 bits per heavy atom. The number of carboxylic acid groups (broad SMARTS) is 1. The third kappa shape index (κ3) is 4.03. The Hall–Kier alpha value is -1.22. The van der Waals surface area contributed by atoms with Gasteiger partial charge in [-0.1, -0.05) is 30.3 Å². The summed E-state index contributed by atoms with van der Waals surface area (Å²) in [4.78, 5) is 36.9. The number of amides is 3. The zero-order valence-corrected chi connectivity index (χ0v) is 17.8. The van der Waals surface area contributed by atoms with Gasteiger partial charge in [-0.05, 0) is 25.8 Å². The first-order valence-corrected chi connectivity index (χ1v) is 8.98. The summed E-state index contributed by atoms with van der Waals surface area (Å²) in [5.74, 6) is -1.64. The number of nitrogens with zero attached hydrogens (tertiary/aromatic N) is 1. The van der Waals surface area contributed by atoms with E-state index < -0.39 is 28.8 Å². The summed E-state index contributed by atoms with van der Waals surface area (Å²) in [5, 5.41) is 16.3. The molecule has 0 aliphatic carbocycles. The van der Waals surface area contributed by atoms with E-state index in [1.807, 2.05) is 30.3 Å². The number of urea groups is 1. The molecule has 2 saturated heterocycles. The predicted octanol–water partition coefficient (Wildman–Crippen LogP) is -3.29. The molecular formula is C17H20N3NaO4S. The average Bonchev–Trinajstić information content (AvgIpc) is 2.82. The van der Waals surface area contributed by atoms with Crippen molar-refractivity contribution in [1.82, 2.24) is 15.5 Å². The number of thioether (sulfide) groups is 1. The fourth-order valence-electron chi connectivity index (χ4n) is 3.28. The summed E-state index contributed by atoms with van der Waals surface area (Å²) in [7, 11) is 0. The summed E-state index contributed by atoms with van der Waals surface area (Å²) in [6, 6.07) is 7.64. The van der Waals surface area contributed by atoms with Gasteiger partial charge in [0.15, 0.2) is 0 Å². The van der Waals surface area contributed by atoms with E-state index in [0.717, 1.165) is 5.56 Å². The van der Waals surface area contributed by atoms with Crippen LogP contribution in [0.5, 0.6) is 0 Å². The van der Waals surface area contributed by atoms with Crippen LogP contribution in [0.15, 0.2) is 30.3 Å². The van der Waals surface area contributed by atoms with Gasteiger partial charge in [0.25, 0.3) is 0 Å². The van der Waals surface area contributed by atoms with E-state index in [9.17, 15) is 19.5 Å². The Labute approximate surface area is 178 Å². The summed E-state index contributed by atoms with van der Waals surface area (Å²) in [5.41, 5.74) is 1.11. The number of hydrogen-bond donors (Lipinski definition) is 2. The van der Waals surface area contributed by atoms with Crippen molar-refractivity contribution in [2.24, 2.45) is 0 Å². The van der Waals surface area contributed by atoms with Gasteiger partial charge in [0, 0.05) is 11.3 Å². The number of hydrogen-bond acceptors (Lipinski definition) is 5. The zero-order chi connectivity index (χ0) is 18.2. The Balaban J connectivity index is 0.00000243. The van der Waals surface area contributed by atoms with Gasteiger partial charge in [0.1, 0.15) is 11.4 Å². The van der Waals surface area contributed by atoms with E-state index >= 15 is 0 Å². The first-order valence-electron chi connectivity index (χ1n) is 8.10. The zero-order valence-electron chi connectivity index (χ0n) is 15.0. The van der Waals surface area contributed by atoms with Crippen LogP contribution < -0.4 is 45.3 Å². The van der Waals surface area contributed by atoms with Crippen LogP contribution in [0.25, 0.3) is 0 Å². The molecule has 0 radical (unpaired) electrons. The van der Waals surface area contributed by atoms with Crippen LogP contribution in [0.4, 0.5) is 4.79 Å². The Kier molecular flexibility index (Phi) is 6.65. The molecule has 2 N–H and O–H groups in total. The Morgan fingerprint density at radius 1 is 1.27 bits per heavy atom. The van der Waals surface area contributed by atoms with Crippen LogP contribution in [0.2, 0.25) is 0 Å². The molecule has 134 valence electrons. The topological polar surface area (TPSA) is 102 Å². The number of aliphatic carboxylic acids is 1. The van der Waals surface area contributed by atoms with E-state index in [-0.39, 0.29) is 40.8 Å². The average molecular weight is 385 g/mol. The second kappa shape index (κ2) is 8.21. The van der Waals surface area contributed by atoms with Crippen molar-refractivity contribution in [2.75, 3.05) is 6.54 Å². The third-order valence-corrected chi connectivity index (χ3v) is 6.06. The van der Waals surface area contributed by atoms with Gasteiger partial charge in [-0.3, -0.25) is 4.79 Å². The molecule has 2 fully saturated rings. The van der Waals surface area contributed by atoms with Crippen LogP contribution in [0.1, 0.15) is 19.4 Å². The minimum Gasteiger partial charge on any atom is -0.548 e. The maximum atomic E-state index is 12.3. The smallest absolute Gasteiger partial charge is 0.548 e. The van der Waals surface area contributed by atoms with Gasteiger partial charge in [0.05, 0.1) is 12.0 Å². The van der Waals surface area contributed by atoms with Crippen molar-refractivity contribution in [3.8, 4) is 0 Å². The molecule has 0 aromatic heterocycles. The number of benzene rings is 1. The minimum atomic E-state index is -1.26. The molecule has 3 atom stereocenters. The van der Waals surface area contributed by atoms with Crippen molar-refractivity contribution in [3.63, 3.8) is 0 Å². The molecule has 1 aromatic carbocycles. The quantitative estimate of drug-likeness (QED) is 0.409. The van der Waals surface area contributed by atoms with E-state index in [1.54, 1.807) is 13.8 Å². The van der Waals surface area contributed by atoms with E-state index in [2.05, 4.69) is 10.6 Å². The number of carbonyl (C=O) groups excluding carboxylic acids is 3. The number of β-lactam (4-membered cyclic amide) rings is 1. The predicted molar refractivity (Wildman–Crippen MR) is 91.6 cm³/mol. The van der Waals surface area contributed by atoms with E-state index in [0.29, 0.717) is 13.0 Å². The fourth-order valence-corrected chi connectivity index (χ4v) is 4.90. The fraction of sp³-hybridized carbons (Fsp3) is 0.471. The number of nitrogens with one attached hydrogen (secondary N) is 2. The summed E-state index contributed by atoms with van der Waals surface area (Å²) in [6.45, 7) is 3.98. The molecule has 0 bridgehead atoms. The Bertz CT molecular complexity index is 701. The largest absolute Gasteiger partial charge is 1.00 e. The molecule has 0 spiro atoms. The van der Waals surface area contributed by atoms with E-state index in [4.69, 9.17) is 0 Å². The molecule has 2 aliphatic rings. The number of fused-ring (bicyclic) bond motifs is 1. The van der Waals surface area contributed by atoms with Gasteiger partial charge in [-0.2, -0.15) is 0 Å². The minimum absolute atomic E-state index is 0. The molecule has 7 nitrogen and oxygen atoms in total. The van der Waals surface area contributed by atoms with Crippen molar-refractivity contribution in [3.05, 3.63) is 35.9 Å². The SMILES string of the molecule is CC1(C)SC2C(NC(=O)NCCc3ccccc3)C(=O)N2[C@H]1C(=O)[O-].[Na+]. The summed E-state index contributed by atoms with van der Waals surface area (Å²) in [6.07, 6.45) is 0.691. The molecule has 2 aliphatic heterocycles. The summed E-state index contributed by atoms with van der Waals surface area (Å²) >= 11 is 1.37. The molecule has 26 heavy (non-hydrogen) atoms. The standard InChI is InChI=1S/C17H21N3O4S.Na/c1-17(2)12(15(22)23)20-13(21)11(14(20)25-17)19-16(24)18-9-8-10-6-4-3-5-7-10;/h3-7,11-12,14H,8-9H2,1-2H3,(H,22,23)(H2,18,19,24);/q;+1/p-1/t11?,12-,14?;/m0./s1. The molecule has 2 unspecified atom stereocenters. The molecular weight excluding hydrogens is 365 g/mol. The first kappa shape index (κ1) is 21.1. The molecule has 9 heteroatoms. The number of carboxylic acids is 1. The molecule has 1 aromatic rings. The van der Waals surface area contributed by atoms with Crippen LogP contribution in [-0.2, 0) is 16.0 Å². The van der Waals surface area contributed by atoms with Crippen LogP contribution in [0, 0.1) is 0 Å². The van der Waals surface area contributed by atoms with Crippen LogP contribution in [-0.4, -0.2) is 51.6 Å². The maximum absolute atomic E-state index is 12.3. The third-order valence-electron chi connectivity index (χ3n) is 4.49. The van der Waals surface area contributed by atoms with Gasteiger partial charge < -0.3 is 25.4 Å². The maximum Gasteiger partial charge on any atom is 1.00 e. The van der Waals surface area contributed by atoms with Crippen molar-refractivity contribution in [2.45, 2.75) is 42.5 Å². The van der Waals surface area contributed by atoms with Gasteiger partial charge in [0.2, 0.25) is 5.91 Å².